The van der Waals surface area contributed by atoms with Crippen molar-refractivity contribution in [1.82, 2.24) is 20.5 Å². The first kappa shape index (κ1) is 24.8. The highest BCUT2D eigenvalue weighted by molar-refractivity contribution is 14.0. The minimum Gasteiger partial charge on any atom is -0.357 e. The second-order valence-corrected chi connectivity index (χ2v) is 7.81. The second-order valence-electron chi connectivity index (χ2n) is 6.61. The molecule has 2 rings (SSSR count). The van der Waals surface area contributed by atoms with Crippen LogP contribution in [0.25, 0.3) is 0 Å². The highest BCUT2D eigenvalue weighted by Gasteiger charge is 2.06. The van der Waals surface area contributed by atoms with Crippen molar-refractivity contribution in [3.63, 3.8) is 0 Å². The number of halogens is 2. The van der Waals surface area contributed by atoms with Gasteiger partial charge >= 0.3 is 0 Å². The van der Waals surface area contributed by atoms with Gasteiger partial charge < -0.3 is 15.5 Å². The van der Waals surface area contributed by atoms with Gasteiger partial charge in [-0.2, -0.15) is 0 Å². The molecular formula is C20H31FIN5S. The summed E-state index contributed by atoms with van der Waals surface area (Å²) in [7, 11) is 3.87. The highest BCUT2D eigenvalue weighted by Crippen LogP contribution is 2.14. The number of aryl methyl sites for hydroxylation is 1. The van der Waals surface area contributed by atoms with Crippen LogP contribution >= 0.6 is 35.3 Å². The minimum atomic E-state index is -0.170. The van der Waals surface area contributed by atoms with E-state index >= 15 is 0 Å². The molecule has 1 heterocycles. The van der Waals surface area contributed by atoms with Gasteiger partial charge in [0.05, 0.1) is 11.6 Å². The fourth-order valence-electron chi connectivity index (χ4n) is 2.62. The average Bonchev–Trinajstić information content (AvgIpc) is 3.09. The lowest BCUT2D eigenvalue weighted by molar-refractivity contribution is 0.392. The fourth-order valence-corrected chi connectivity index (χ4v) is 3.48. The van der Waals surface area contributed by atoms with Crippen molar-refractivity contribution in [1.29, 1.82) is 0 Å². The Morgan fingerprint density at radius 1 is 1.25 bits per heavy atom. The Hall–Kier alpha value is -1.26. The predicted molar refractivity (Wildman–Crippen MR) is 127 cm³/mol. The van der Waals surface area contributed by atoms with E-state index in [-0.39, 0.29) is 29.8 Å². The largest absolute Gasteiger partial charge is 0.357 e. The third-order valence-corrected chi connectivity index (χ3v) is 5.14. The number of nitrogens with one attached hydrogen (secondary N) is 2. The number of benzene rings is 1. The Bertz CT molecular complexity index is 748. The van der Waals surface area contributed by atoms with Crippen LogP contribution in [0, 0.1) is 5.82 Å². The fraction of sp³-hybridized carbons (Fsp3) is 0.500. The van der Waals surface area contributed by atoms with Crippen LogP contribution < -0.4 is 10.6 Å². The summed E-state index contributed by atoms with van der Waals surface area (Å²) in [6, 6.07) is 5.21. The van der Waals surface area contributed by atoms with Gasteiger partial charge in [0.1, 0.15) is 5.82 Å². The Labute approximate surface area is 188 Å². The van der Waals surface area contributed by atoms with Gasteiger partial charge in [0.2, 0.25) is 0 Å². The van der Waals surface area contributed by atoms with Crippen molar-refractivity contribution in [2.24, 2.45) is 4.99 Å². The molecule has 0 spiro atoms. The standard InChI is InChI=1S/C20H30FN5S.HI/c1-5-17-13-24-19(27-17)9-10-23-20(22-6-2)25-12-15-7-8-18(21)16(11-15)14-26(3)4;/h7-8,11,13H,5-6,9-10,12,14H2,1-4H3,(H2,22,23,25);1H. The van der Waals surface area contributed by atoms with E-state index in [1.54, 1.807) is 17.4 Å². The van der Waals surface area contributed by atoms with E-state index in [0.29, 0.717) is 18.7 Å². The average molecular weight is 519 g/mol. The summed E-state index contributed by atoms with van der Waals surface area (Å²) in [6.07, 6.45) is 3.86. The van der Waals surface area contributed by atoms with E-state index in [1.165, 1.54) is 10.9 Å². The smallest absolute Gasteiger partial charge is 0.191 e. The van der Waals surface area contributed by atoms with E-state index in [2.05, 4.69) is 27.5 Å². The lowest BCUT2D eigenvalue weighted by atomic mass is 10.1. The van der Waals surface area contributed by atoms with E-state index in [0.717, 1.165) is 42.5 Å². The SMILES string of the molecule is CCNC(=NCc1ccc(F)c(CN(C)C)c1)NCCc1ncc(CC)s1.I. The molecule has 0 bridgehead atoms. The lowest BCUT2D eigenvalue weighted by Gasteiger charge is -2.13. The molecule has 28 heavy (non-hydrogen) atoms. The molecular weight excluding hydrogens is 488 g/mol. The van der Waals surface area contributed by atoms with E-state index < -0.39 is 0 Å². The van der Waals surface area contributed by atoms with Gasteiger partial charge in [0, 0.05) is 42.7 Å². The topological polar surface area (TPSA) is 52.6 Å². The van der Waals surface area contributed by atoms with Gasteiger partial charge in [-0.15, -0.1) is 35.3 Å². The lowest BCUT2D eigenvalue weighted by Crippen LogP contribution is -2.38. The molecule has 156 valence electrons. The van der Waals surface area contributed by atoms with Crippen molar-refractivity contribution in [3.8, 4) is 0 Å². The first-order valence-electron chi connectivity index (χ1n) is 9.39. The zero-order valence-electron chi connectivity index (χ0n) is 17.1. The van der Waals surface area contributed by atoms with Crippen molar-refractivity contribution in [2.45, 2.75) is 39.8 Å². The molecule has 2 aromatic rings. The Balaban J connectivity index is 0.00000392. The van der Waals surface area contributed by atoms with Gasteiger partial charge in [-0.1, -0.05) is 13.0 Å². The van der Waals surface area contributed by atoms with Gasteiger partial charge in [-0.05, 0) is 45.1 Å². The number of aliphatic imine (C=N–C) groups is 1. The summed E-state index contributed by atoms with van der Waals surface area (Å²) in [5.41, 5.74) is 1.69. The Morgan fingerprint density at radius 3 is 2.68 bits per heavy atom. The first-order chi connectivity index (χ1) is 13.0. The summed E-state index contributed by atoms with van der Waals surface area (Å²) < 4.78 is 13.9. The normalized spacial score (nSPS) is 11.4. The third-order valence-electron chi connectivity index (χ3n) is 3.94. The summed E-state index contributed by atoms with van der Waals surface area (Å²) in [5.74, 6) is 0.597. The molecule has 0 unspecified atom stereocenters. The molecule has 1 aromatic carbocycles. The molecule has 0 radical (unpaired) electrons. The molecule has 0 atom stereocenters. The van der Waals surface area contributed by atoms with Crippen molar-refractivity contribution in [2.75, 3.05) is 27.2 Å². The molecule has 0 aliphatic carbocycles. The Kier molecular flexibility index (Phi) is 11.6. The van der Waals surface area contributed by atoms with Crippen molar-refractivity contribution < 1.29 is 4.39 Å². The van der Waals surface area contributed by atoms with Crippen LogP contribution in [0.15, 0.2) is 29.4 Å². The molecule has 0 saturated heterocycles. The highest BCUT2D eigenvalue weighted by atomic mass is 127. The van der Waals surface area contributed by atoms with Crippen LogP contribution in [0.3, 0.4) is 0 Å². The monoisotopic (exact) mass is 519 g/mol. The number of aromatic nitrogens is 1. The van der Waals surface area contributed by atoms with Gasteiger partial charge in [-0.3, -0.25) is 0 Å². The van der Waals surface area contributed by atoms with E-state index in [4.69, 9.17) is 0 Å². The Morgan fingerprint density at radius 2 is 2.04 bits per heavy atom. The molecule has 5 nitrogen and oxygen atoms in total. The maximum absolute atomic E-state index is 13.9. The molecule has 0 aliphatic heterocycles. The number of nitrogens with zero attached hydrogens (tertiary/aromatic N) is 3. The van der Waals surface area contributed by atoms with Gasteiger partial charge in [-0.25, -0.2) is 14.4 Å². The quantitative estimate of drug-likeness (QED) is 0.301. The van der Waals surface area contributed by atoms with Crippen LogP contribution in [-0.4, -0.2) is 43.0 Å². The summed E-state index contributed by atoms with van der Waals surface area (Å²) in [6.45, 7) is 6.84. The van der Waals surface area contributed by atoms with Crippen LogP contribution in [0.2, 0.25) is 0 Å². The molecule has 0 fully saturated rings. The van der Waals surface area contributed by atoms with E-state index in [9.17, 15) is 4.39 Å². The van der Waals surface area contributed by atoms with Crippen LogP contribution in [0.4, 0.5) is 4.39 Å². The molecule has 1 aromatic heterocycles. The number of hydrogen-bond acceptors (Lipinski definition) is 4. The minimum absolute atomic E-state index is 0. The molecule has 8 heteroatoms. The van der Waals surface area contributed by atoms with Crippen LogP contribution in [-0.2, 0) is 25.9 Å². The zero-order chi connectivity index (χ0) is 19.6. The summed E-state index contributed by atoms with van der Waals surface area (Å²) in [4.78, 5) is 12.3. The van der Waals surface area contributed by atoms with Crippen LogP contribution in [0.5, 0.6) is 0 Å². The van der Waals surface area contributed by atoms with Gasteiger partial charge in [0.15, 0.2) is 5.96 Å². The summed E-state index contributed by atoms with van der Waals surface area (Å²) in [5, 5.41) is 7.74. The predicted octanol–water partition coefficient (Wildman–Crippen LogP) is 3.82. The van der Waals surface area contributed by atoms with Crippen molar-refractivity contribution in [3.05, 3.63) is 51.2 Å². The molecule has 2 N–H and O–H groups in total. The number of hydrogen-bond donors (Lipinski definition) is 2. The number of thiazole rings is 1. The van der Waals surface area contributed by atoms with E-state index in [1.807, 2.05) is 38.2 Å². The molecule has 0 saturated carbocycles. The van der Waals surface area contributed by atoms with Crippen LogP contribution in [0.1, 0.15) is 34.9 Å². The summed E-state index contributed by atoms with van der Waals surface area (Å²) >= 11 is 1.76. The second kappa shape index (κ2) is 13.1. The molecule has 0 aliphatic rings. The molecule has 0 amide bonds. The number of guanidine groups is 1. The maximum atomic E-state index is 13.9. The first-order valence-corrected chi connectivity index (χ1v) is 10.2. The number of rotatable bonds is 9. The maximum Gasteiger partial charge on any atom is 0.191 e. The zero-order valence-corrected chi connectivity index (χ0v) is 20.2. The van der Waals surface area contributed by atoms with Crippen molar-refractivity contribution >= 4 is 41.3 Å². The van der Waals surface area contributed by atoms with Gasteiger partial charge in [0.25, 0.3) is 0 Å². The third kappa shape index (κ3) is 8.40.